The van der Waals surface area contributed by atoms with Crippen molar-refractivity contribution < 1.29 is 20.8 Å². The molecule has 112 valence electrons. The van der Waals surface area contributed by atoms with Gasteiger partial charge in [-0.1, -0.05) is 27.7 Å². The first-order valence-corrected chi connectivity index (χ1v) is 12.9. The monoisotopic (exact) mass is 398 g/mol. The number of aryl methyl sites for hydroxylation is 4. The second-order valence-corrected chi connectivity index (χ2v) is 8.52. The molecule has 0 heterocycles. The van der Waals surface area contributed by atoms with Crippen molar-refractivity contribution in [2.24, 2.45) is 0 Å². The third-order valence-electron chi connectivity index (χ3n) is 3.25. The van der Waals surface area contributed by atoms with Crippen LogP contribution in [0.5, 0.6) is 0 Å². The van der Waals surface area contributed by atoms with Crippen molar-refractivity contribution in [2.45, 2.75) is 27.7 Å². The molecule has 21 heavy (non-hydrogen) atoms. The SMILES string of the molecule is C=Cc1cc(C)c(C)[cH-]1.C=Cc1cc(C)c(C)[cH-]1.[Cl][Zr+2][Cl]. The van der Waals surface area contributed by atoms with Gasteiger partial charge in [0, 0.05) is 0 Å². The molecule has 2 aromatic carbocycles. The minimum atomic E-state index is -0.826. The van der Waals surface area contributed by atoms with Crippen molar-refractivity contribution in [1.29, 1.82) is 0 Å². The standard InChI is InChI=1S/2C9H11.2ClH.Zr/c2*1-4-9-5-7(2)8(3)6-9;;;/h2*4-6H,1H2,2-3H3;2*1H;/q2*-1;;;+4/p-2. The fourth-order valence-electron chi connectivity index (χ4n) is 1.77. The normalized spacial score (nSPS) is 8.67. The molecule has 0 N–H and O–H groups in total. The second kappa shape index (κ2) is 11.2. The molecule has 0 radical (unpaired) electrons. The van der Waals surface area contributed by atoms with Gasteiger partial charge in [-0.2, -0.15) is 34.4 Å². The molecule has 0 saturated heterocycles. The summed E-state index contributed by atoms with van der Waals surface area (Å²) in [5.74, 6) is 0. The van der Waals surface area contributed by atoms with Crippen molar-refractivity contribution in [3.63, 3.8) is 0 Å². The predicted octanol–water partition coefficient (Wildman–Crippen LogP) is 6.71. The Hall–Kier alpha value is -0.357. The van der Waals surface area contributed by atoms with E-state index in [9.17, 15) is 0 Å². The number of hydrogen-bond donors (Lipinski definition) is 0. The second-order valence-electron chi connectivity index (χ2n) is 4.79. The van der Waals surface area contributed by atoms with E-state index in [1.54, 1.807) is 0 Å². The van der Waals surface area contributed by atoms with Crippen LogP contribution >= 0.6 is 17.0 Å². The summed E-state index contributed by atoms with van der Waals surface area (Å²) in [4.78, 5) is 0. The predicted molar refractivity (Wildman–Crippen MR) is 94.9 cm³/mol. The zero-order valence-corrected chi connectivity index (χ0v) is 17.1. The Morgan fingerprint density at radius 2 is 1.14 bits per heavy atom. The van der Waals surface area contributed by atoms with E-state index in [4.69, 9.17) is 17.0 Å². The van der Waals surface area contributed by atoms with Crippen LogP contribution in [0, 0.1) is 27.7 Å². The summed E-state index contributed by atoms with van der Waals surface area (Å²) in [7, 11) is 9.87. The summed E-state index contributed by atoms with van der Waals surface area (Å²) in [5.41, 5.74) is 7.86. The molecule has 0 unspecified atom stereocenters. The Kier molecular flexibility index (Phi) is 11.1. The molecule has 0 aliphatic heterocycles. The summed E-state index contributed by atoms with van der Waals surface area (Å²) in [6.07, 6.45) is 3.75. The van der Waals surface area contributed by atoms with Crippen LogP contribution in [0.4, 0.5) is 0 Å². The summed E-state index contributed by atoms with van der Waals surface area (Å²) < 4.78 is 0. The van der Waals surface area contributed by atoms with Gasteiger partial charge in [0.15, 0.2) is 0 Å². The average Bonchev–Trinajstić information content (AvgIpc) is 2.95. The van der Waals surface area contributed by atoms with E-state index in [2.05, 4.69) is 65.1 Å². The zero-order chi connectivity index (χ0) is 16.4. The van der Waals surface area contributed by atoms with Crippen molar-refractivity contribution in [3.05, 3.63) is 70.8 Å². The Morgan fingerprint density at radius 1 is 0.857 bits per heavy atom. The van der Waals surface area contributed by atoms with E-state index in [1.807, 2.05) is 12.2 Å². The molecular formula is C18H22Cl2Zr. The third-order valence-corrected chi connectivity index (χ3v) is 3.25. The third kappa shape index (κ3) is 8.00. The van der Waals surface area contributed by atoms with E-state index in [0.717, 1.165) is 0 Å². The van der Waals surface area contributed by atoms with Crippen LogP contribution in [-0.2, 0) is 20.8 Å². The van der Waals surface area contributed by atoms with E-state index >= 15 is 0 Å². The van der Waals surface area contributed by atoms with Crippen molar-refractivity contribution in [3.8, 4) is 0 Å². The quantitative estimate of drug-likeness (QED) is 0.492. The van der Waals surface area contributed by atoms with Gasteiger partial charge in [-0.3, -0.25) is 0 Å². The van der Waals surface area contributed by atoms with Crippen LogP contribution in [0.1, 0.15) is 33.4 Å². The Bertz CT molecular complexity index is 473. The topological polar surface area (TPSA) is 0 Å². The number of hydrogen-bond acceptors (Lipinski definition) is 0. The minimum absolute atomic E-state index is 0.826. The van der Waals surface area contributed by atoms with Gasteiger partial charge in [0.05, 0.1) is 0 Å². The first-order chi connectivity index (χ1) is 9.89. The van der Waals surface area contributed by atoms with Gasteiger partial charge >= 0.3 is 37.9 Å². The molecule has 0 aliphatic carbocycles. The Labute approximate surface area is 147 Å². The van der Waals surface area contributed by atoms with Gasteiger partial charge in [0.2, 0.25) is 0 Å². The zero-order valence-electron chi connectivity index (χ0n) is 13.1. The Balaban J connectivity index is 0.000000322. The molecule has 3 heteroatoms. The molecule has 0 spiro atoms. The molecule has 0 amide bonds. The molecule has 0 aromatic heterocycles. The molecule has 2 aromatic rings. The molecule has 0 bridgehead atoms. The molecule has 0 saturated carbocycles. The van der Waals surface area contributed by atoms with E-state index in [0.29, 0.717) is 0 Å². The van der Waals surface area contributed by atoms with E-state index in [-0.39, 0.29) is 0 Å². The maximum absolute atomic E-state index is 4.93. The summed E-state index contributed by atoms with van der Waals surface area (Å²) in [6, 6.07) is 8.56. The van der Waals surface area contributed by atoms with Gasteiger partial charge in [-0.25, -0.2) is 0 Å². The van der Waals surface area contributed by atoms with Crippen molar-refractivity contribution in [2.75, 3.05) is 0 Å². The van der Waals surface area contributed by atoms with E-state index < -0.39 is 20.8 Å². The first-order valence-electron chi connectivity index (χ1n) is 6.58. The van der Waals surface area contributed by atoms with Gasteiger partial charge in [-0.05, 0) is 0 Å². The van der Waals surface area contributed by atoms with Gasteiger partial charge in [-0.15, -0.1) is 48.6 Å². The fraction of sp³-hybridized carbons (Fsp3) is 0.222. The van der Waals surface area contributed by atoms with Gasteiger partial charge < -0.3 is 0 Å². The number of halogens is 2. The van der Waals surface area contributed by atoms with Crippen LogP contribution in [0.2, 0.25) is 0 Å². The van der Waals surface area contributed by atoms with Crippen LogP contribution in [0.3, 0.4) is 0 Å². The molecule has 0 nitrogen and oxygen atoms in total. The van der Waals surface area contributed by atoms with Crippen LogP contribution in [-0.4, -0.2) is 0 Å². The summed E-state index contributed by atoms with van der Waals surface area (Å²) in [6.45, 7) is 15.8. The molecule has 0 atom stereocenters. The average molecular weight is 401 g/mol. The maximum atomic E-state index is 4.93. The number of rotatable bonds is 2. The summed E-state index contributed by atoms with van der Waals surface area (Å²) >= 11 is -0.826. The molecular weight excluding hydrogens is 378 g/mol. The van der Waals surface area contributed by atoms with Crippen molar-refractivity contribution >= 4 is 29.2 Å². The van der Waals surface area contributed by atoms with Crippen LogP contribution in [0.15, 0.2) is 37.4 Å². The Morgan fingerprint density at radius 3 is 1.24 bits per heavy atom. The molecule has 2 rings (SSSR count). The fourth-order valence-corrected chi connectivity index (χ4v) is 1.77. The van der Waals surface area contributed by atoms with Crippen LogP contribution < -0.4 is 0 Å². The van der Waals surface area contributed by atoms with Crippen molar-refractivity contribution in [1.82, 2.24) is 0 Å². The molecule has 0 fully saturated rings. The van der Waals surface area contributed by atoms with E-state index in [1.165, 1.54) is 33.4 Å². The molecule has 0 aliphatic rings. The van der Waals surface area contributed by atoms with Gasteiger partial charge in [0.25, 0.3) is 0 Å². The summed E-state index contributed by atoms with van der Waals surface area (Å²) in [5, 5.41) is 0. The first kappa shape index (κ1) is 20.6. The van der Waals surface area contributed by atoms with Crippen LogP contribution in [0.25, 0.3) is 12.2 Å². The van der Waals surface area contributed by atoms with Gasteiger partial charge in [0.1, 0.15) is 0 Å².